The number of ether oxygens (including phenoxy) is 1. The predicted molar refractivity (Wildman–Crippen MR) is 124 cm³/mol. The van der Waals surface area contributed by atoms with Crippen molar-refractivity contribution < 1.29 is 13.9 Å². The van der Waals surface area contributed by atoms with Gasteiger partial charge in [-0.05, 0) is 48.1 Å². The molecular formula is C27H29FN2O2. The Morgan fingerprint density at radius 3 is 2.19 bits per heavy atom. The van der Waals surface area contributed by atoms with Crippen molar-refractivity contribution in [2.75, 3.05) is 19.8 Å². The summed E-state index contributed by atoms with van der Waals surface area (Å²) in [7, 11) is 0. The molecule has 1 saturated heterocycles. The molecule has 0 radical (unpaired) electrons. The minimum absolute atomic E-state index is 0.0669. The van der Waals surface area contributed by atoms with E-state index in [1.54, 1.807) is 12.1 Å². The first-order valence-electron chi connectivity index (χ1n) is 11.1. The van der Waals surface area contributed by atoms with Gasteiger partial charge in [0.2, 0.25) is 5.91 Å². The van der Waals surface area contributed by atoms with Gasteiger partial charge in [-0.3, -0.25) is 10.1 Å². The van der Waals surface area contributed by atoms with Crippen LogP contribution in [0.1, 0.15) is 35.6 Å². The van der Waals surface area contributed by atoms with E-state index in [2.05, 4.69) is 22.8 Å². The topological polar surface area (TPSA) is 50.4 Å². The molecule has 4 rings (SSSR count). The lowest BCUT2D eigenvalue weighted by Gasteiger charge is -2.38. The maximum absolute atomic E-state index is 13.5. The highest BCUT2D eigenvalue weighted by atomic mass is 19.1. The molecule has 32 heavy (non-hydrogen) atoms. The quantitative estimate of drug-likeness (QED) is 0.550. The second-order valence-corrected chi connectivity index (χ2v) is 8.28. The van der Waals surface area contributed by atoms with Crippen molar-refractivity contribution in [3.8, 4) is 0 Å². The number of carbonyl (C=O) groups excluding carboxylic acids is 1. The SMILES string of the molecule is O=C(CNC1(c2ccc(F)cc2)CCOCC1)NC(Cc1ccccc1)c1ccccc1. The first-order chi connectivity index (χ1) is 15.6. The molecular weight excluding hydrogens is 403 g/mol. The van der Waals surface area contributed by atoms with Gasteiger partial charge < -0.3 is 10.1 Å². The molecule has 3 aromatic carbocycles. The molecule has 5 heteroatoms. The molecule has 0 aromatic heterocycles. The van der Waals surface area contributed by atoms with Gasteiger partial charge in [-0.15, -0.1) is 0 Å². The highest BCUT2D eigenvalue weighted by molar-refractivity contribution is 5.78. The van der Waals surface area contributed by atoms with Crippen LogP contribution in [0, 0.1) is 5.82 Å². The molecule has 4 nitrogen and oxygen atoms in total. The van der Waals surface area contributed by atoms with Crippen LogP contribution in [0.15, 0.2) is 84.9 Å². The standard InChI is InChI=1S/C27H29FN2O2/c28-24-13-11-23(12-14-24)27(15-17-32-18-16-27)29-20-26(31)30-25(22-9-5-2-6-10-22)19-21-7-3-1-4-8-21/h1-14,25,29H,15-20H2,(H,30,31). The summed E-state index contributed by atoms with van der Waals surface area (Å²) >= 11 is 0. The van der Waals surface area contributed by atoms with Gasteiger partial charge in [0.05, 0.1) is 12.6 Å². The summed E-state index contributed by atoms with van der Waals surface area (Å²) in [5, 5.41) is 6.68. The molecule has 1 atom stereocenters. The zero-order valence-corrected chi connectivity index (χ0v) is 18.1. The van der Waals surface area contributed by atoms with E-state index in [1.165, 1.54) is 17.7 Å². The number of carbonyl (C=O) groups is 1. The van der Waals surface area contributed by atoms with Crippen molar-refractivity contribution in [2.24, 2.45) is 0 Å². The van der Waals surface area contributed by atoms with E-state index in [9.17, 15) is 9.18 Å². The second-order valence-electron chi connectivity index (χ2n) is 8.28. The molecule has 0 bridgehead atoms. The molecule has 2 N–H and O–H groups in total. The monoisotopic (exact) mass is 432 g/mol. The third kappa shape index (κ3) is 5.61. The fourth-order valence-electron chi connectivity index (χ4n) is 4.34. The van der Waals surface area contributed by atoms with Crippen molar-refractivity contribution in [1.29, 1.82) is 0 Å². The molecule has 166 valence electrons. The number of benzene rings is 3. The van der Waals surface area contributed by atoms with Crippen molar-refractivity contribution in [1.82, 2.24) is 10.6 Å². The van der Waals surface area contributed by atoms with Gasteiger partial charge in [0.1, 0.15) is 5.82 Å². The lowest BCUT2D eigenvalue weighted by molar-refractivity contribution is -0.121. The normalized spacial score (nSPS) is 16.3. The van der Waals surface area contributed by atoms with E-state index in [1.807, 2.05) is 48.5 Å². The average Bonchev–Trinajstić information content (AvgIpc) is 2.84. The molecule has 3 aromatic rings. The van der Waals surface area contributed by atoms with E-state index < -0.39 is 5.54 Å². The zero-order valence-electron chi connectivity index (χ0n) is 18.1. The molecule has 0 saturated carbocycles. The highest BCUT2D eigenvalue weighted by Crippen LogP contribution is 2.32. The van der Waals surface area contributed by atoms with E-state index in [-0.39, 0.29) is 24.3 Å². The third-order valence-electron chi connectivity index (χ3n) is 6.15. The first-order valence-corrected chi connectivity index (χ1v) is 11.1. The predicted octanol–water partition coefficient (Wildman–Crippen LogP) is 4.52. The van der Waals surface area contributed by atoms with Crippen LogP contribution >= 0.6 is 0 Å². The van der Waals surface area contributed by atoms with Crippen LogP contribution in [0.25, 0.3) is 0 Å². The summed E-state index contributed by atoms with van der Waals surface area (Å²) < 4.78 is 19.0. The maximum atomic E-state index is 13.5. The smallest absolute Gasteiger partial charge is 0.234 e. The molecule has 1 aliphatic rings. The van der Waals surface area contributed by atoms with Crippen LogP contribution in [-0.4, -0.2) is 25.7 Å². The maximum Gasteiger partial charge on any atom is 0.234 e. The van der Waals surface area contributed by atoms with Gasteiger partial charge in [0, 0.05) is 18.8 Å². The molecule has 1 fully saturated rings. The summed E-state index contributed by atoms with van der Waals surface area (Å²) in [4.78, 5) is 13.0. The van der Waals surface area contributed by atoms with Crippen LogP contribution in [0.4, 0.5) is 4.39 Å². The molecule has 1 heterocycles. The zero-order chi connectivity index (χ0) is 22.2. The third-order valence-corrected chi connectivity index (χ3v) is 6.15. The van der Waals surface area contributed by atoms with E-state index >= 15 is 0 Å². The lowest BCUT2D eigenvalue weighted by atomic mass is 9.82. The number of amides is 1. The van der Waals surface area contributed by atoms with Crippen LogP contribution in [-0.2, 0) is 21.5 Å². The Morgan fingerprint density at radius 1 is 0.906 bits per heavy atom. The Morgan fingerprint density at radius 2 is 1.53 bits per heavy atom. The number of rotatable bonds is 8. The number of nitrogens with one attached hydrogen (secondary N) is 2. The van der Waals surface area contributed by atoms with Crippen LogP contribution in [0.5, 0.6) is 0 Å². The number of hydrogen-bond donors (Lipinski definition) is 2. The van der Waals surface area contributed by atoms with E-state index in [4.69, 9.17) is 4.74 Å². The molecule has 1 amide bonds. The van der Waals surface area contributed by atoms with Gasteiger partial charge in [-0.2, -0.15) is 0 Å². The van der Waals surface area contributed by atoms with Gasteiger partial charge in [-0.25, -0.2) is 4.39 Å². The molecule has 0 spiro atoms. The van der Waals surface area contributed by atoms with Crippen LogP contribution in [0.2, 0.25) is 0 Å². The lowest BCUT2D eigenvalue weighted by Crippen LogP contribution is -2.50. The van der Waals surface area contributed by atoms with Crippen molar-refractivity contribution in [3.05, 3.63) is 107 Å². The largest absolute Gasteiger partial charge is 0.381 e. The Bertz CT molecular complexity index is 987. The van der Waals surface area contributed by atoms with Crippen LogP contribution in [0.3, 0.4) is 0 Å². The molecule has 0 aliphatic carbocycles. The second kappa shape index (κ2) is 10.5. The highest BCUT2D eigenvalue weighted by Gasteiger charge is 2.34. The van der Waals surface area contributed by atoms with Crippen molar-refractivity contribution >= 4 is 5.91 Å². The summed E-state index contributed by atoms with van der Waals surface area (Å²) in [5.41, 5.74) is 2.83. The van der Waals surface area contributed by atoms with Gasteiger partial charge in [0.15, 0.2) is 0 Å². The minimum atomic E-state index is -0.398. The number of hydrogen-bond acceptors (Lipinski definition) is 3. The summed E-state index contributed by atoms with van der Waals surface area (Å²) in [6.07, 6.45) is 2.18. The molecule has 1 unspecified atom stereocenters. The summed E-state index contributed by atoms with van der Waals surface area (Å²) in [6, 6.07) is 26.6. The Hall–Kier alpha value is -3.02. The Balaban J connectivity index is 1.46. The van der Waals surface area contributed by atoms with E-state index in [0.717, 1.165) is 24.0 Å². The van der Waals surface area contributed by atoms with Gasteiger partial charge in [-0.1, -0.05) is 72.8 Å². The Labute approximate surface area is 188 Å². The summed E-state index contributed by atoms with van der Waals surface area (Å²) in [5.74, 6) is -0.330. The molecule has 1 aliphatic heterocycles. The number of halogens is 1. The first kappa shape index (κ1) is 22.2. The van der Waals surface area contributed by atoms with Gasteiger partial charge in [0.25, 0.3) is 0 Å². The van der Waals surface area contributed by atoms with Crippen LogP contribution < -0.4 is 10.6 Å². The fourth-order valence-corrected chi connectivity index (χ4v) is 4.34. The van der Waals surface area contributed by atoms with Crippen molar-refractivity contribution in [3.63, 3.8) is 0 Å². The summed E-state index contributed by atoms with van der Waals surface area (Å²) in [6.45, 7) is 1.38. The Kier molecular flexibility index (Phi) is 7.30. The average molecular weight is 433 g/mol. The van der Waals surface area contributed by atoms with Crippen molar-refractivity contribution in [2.45, 2.75) is 30.8 Å². The fraction of sp³-hybridized carbons (Fsp3) is 0.296. The van der Waals surface area contributed by atoms with E-state index in [0.29, 0.717) is 19.6 Å². The van der Waals surface area contributed by atoms with Gasteiger partial charge >= 0.3 is 0 Å². The minimum Gasteiger partial charge on any atom is -0.381 e.